The smallest absolute Gasteiger partial charge is 0.287 e. The first-order valence-corrected chi connectivity index (χ1v) is 8.82. The highest BCUT2D eigenvalue weighted by molar-refractivity contribution is 6.02. The molecule has 0 unspecified atom stereocenters. The average Bonchev–Trinajstić information content (AvgIpc) is 2.71. The van der Waals surface area contributed by atoms with Crippen LogP contribution in [0.25, 0.3) is 22.3 Å². The average molecular weight is 418 g/mol. The molecule has 0 saturated carbocycles. The Labute approximate surface area is 169 Å². The van der Waals surface area contributed by atoms with Gasteiger partial charge in [0.2, 0.25) is 5.78 Å². The van der Waals surface area contributed by atoms with Crippen molar-refractivity contribution in [1.82, 2.24) is 0 Å². The summed E-state index contributed by atoms with van der Waals surface area (Å²) < 4.78 is 64.8. The number of hydrogen-bond acceptors (Lipinski definition) is 2. The summed E-state index contributed by atoms with van der Waals surface area (Å²) in [6.45, 7) is 0.526. The highest BCUT2D eigenvalue weighted by Gasteiger charge is 2.39. The molecule has 0 aliphatic heterocycles. The van der Waals surface area contributed by atoms with E-state index in [9.17, 15) is 31.5 Å². The Kier molecular flexibility index (Phi) is 5.57. The minimum atomic E-state index is -4.98. The van der Waals surface area contributed by atoms with E-state index in [2.05, 4.69) is 0 Å². The summed E-state index contributed by atoms with van der Waals surface area (Å²) >= 11 is 0. The van der Waals surface area contributed by atoms with Crippen LogP contribution in [0.15, 0.2) is 72.8 Å². The molecule has 0 heterocycles. The molecule has 0 saturated heterocycles. The standard InChI is InChI=1S/C23H15F5O2/c1-22(24,25)20(29)18-9-3-7-16(12-18)14-5-2-6-15(11-14)17-8-4-10-19(13-17)21(30)23(26,27)28/h2-13H,1H3. The molecular weight excluding hydrogens is 403 g/mol. The third-order valence-corrected chi connectivity index (χ3v) is 4.43. The molecule has 0 bridgehead atoms. The van der Waals surface area contributed by atoms with E-state index in [0.717, 1.165) is 12.1 Å². The minimum absolute atomic E-state index is 0.150. The van der Waals surface area contributed by atoms with Crippen molar-refractivity contribution in [3.63, 3.8) is 0 Å². The van der Waals surface area contributed by atoms with Crippen LogP contribution in [0.1, 0.15) is 27.6 Å². The van der Waals surface area contributed by atoms with Crippen LogP contribution in [-0.4, -0.2) is 23.7 Å². The number of halogens is 5. The zero-order chi connectivity index (χ0) is 22.1. The molecule has 0 spiro atoms. The quantitative estimate of drug-likeness (QED) is 0.345. The van der Waals surface area contributed by atoms with Crippen LogP contribution >= 0.6 is 0 Å². The molecule has 7 heteroatoms. The third-order valence-electron chi connectivity index (χ3n) is 4.43. The monoisotopic (exact) mass is 418 g/mol. The molecule has 0 amide bonds. The van der Waals surface area contributed by atoms with Gasteiger partial charge in [0, 0.05) is 18.1 Å². The second kappa shape index (κ2) is 7.82. The zero-order valence-corrected chi connectivity index (χ0v) is 15.6. The third kappa shape index (κ3) is 4.62. The summed E-state index contributed by atoms with van der Waals surface area (Å²) in [5, 5.41) is 0. The first-order valence-electron chi connectivity index (χ1n) is 8.82. The highest BCUT2D eigenvalue weighted by Crippen LogP contribution is 2.30. The topological polar surface area (TPSA) is 34.1 Å². The van der Waals surface area contributed by atoms with Gasteiger partial charge in [0.25, 0.3) is 5.78 Å². The molecule has 2 nitrogen and oxygen atoms in total. The molecule has 30 heavy (non-hydrogen) atoms. The van der Waals surface area contributed by atoms with Crippen LogP contribution < -0.4 is 0 Å². The van der Waals surface area contributed by atoms with E-state index >= 15 is 0 Å². The fourth-order valence-electron chi connectivity index (χ4n) is 2.98. The first-order chi connectivity index (χ1) is 14.0. The van der Waals surface area contributed by atoms with Crippen molar-refractivity contribution in [2.24, 2.45) is 0 Å². The summed E-state index contributed by atoms with van der Waals surface area (Å²) in [5.41, 5.74) is 1.36. The number of rotatable bonds is 5. The van der Waals surface area contributed by atoms with E-state index in [1.807, 2.05) is 0 Å². The molecule has 3 aromatic rings. The first kappa shape index (κ1) is 21.4. The summed E-state index contributed by atoms with van der Waals surface area (Å²) in [4.78, 5) is 23.3. The Morgan fingerprint density at radius 2 is 0.967 bits per heavy atom. The number of benzene rings is 3. The Hall–Kier alpha value is -3.35. The molecule has 3 aromatic carbocycles. The van der Waals surface area contributed by atoms with Crippen molar-refractivity contribution in [2.75, 3.05) is 0 Å². The fraction of sp³-hybridized carbons (Fsp3) is 0.130. The summed E-state index contributed by atoms with van der Waals surface area (Å²) in [7, 11) is 0. The van der Waals surface area contributed by atoms with Gasteiger partial charge >= 0.3 is 12.1 Å². The van der Waals surface area contributed by atoms with Gasteiger partial charge < -0.3 is 0 Å². The fourth-order valence-corrected chi connectivity index (χ4v) is 2.98. The van der Waals surface area contributed by atoms with Gasteiger partial charge in [-0.25, -0.2) is 0 Å². The number of alkyl halides is 5. The van der Waals surface area contributed by atoms with Crippen molar-refractivity contribution < 1.29 is 31.5 Å². The van der Waals surface area contributed by atoms with Gasteiger partial charge in [-0.05, 0) is 40.5 Å². The Morgan fingerprint density at radius 3 is 1.37 bits per heavy atom. The molecule has 0 radical (unpaired) electrons. The van der Waals surface area contributed by atoms with Crippen LogP contribution in [0.2, 0.25) is 0 Å². The maximum Gasteiger partial charge on any atom is 0.454 e. The summed E-state index contributed by atoms with van der Waals surface area (Å²) in [5.74, 6) is -6.75. The molecule has 0 atom stereocenters. The van der Waals surface area contributed by atoms with Gasteiger partial charge in [0.1, 0.15) is 0 Å². The molecule has 0 aliphatic carbocycles. The van der Waals surface area contributed by atoms with E-state index in [4.69, 9.17) is 0 Å². The van der Waals surface area contributed by atoms with Crippen molar-refractivity contribution in [2.45, 2.75) is 19.0 Å². The Balaban J connectivity index is 1.99. The second-order valence-electron chi connectivity index (χ2n) is 6.79. The highest BCUT2D eigenvalue weighted by atomic mass is 19.4. The van der Waals surface area contributed by atoms with E-state index in [0.29, 0.717) is 29.2 Å². The van der Waals surface area contributed by atoms with E-state index in [-0.39, 0.29) is 5.56 Å². The SMILES string of the molecule is CC(F)(F)C(=O)c1cccc(-c2cccc(-c3cccc(C(=O)C(F)(F)F)c3)c2)c1. The van der Waals surface area contributed by atoms with Crippen LogP contribution in [0.5, 0.6) is 0 Å². The van der Waals surface area contributed by atoms with E-state index < -0.39 is 29.2 Å². The zero-order valence-electron chi connectivity index (χ0n) is 15.6. The summed E-state index contributed by atoms with van der Waals surface area (Å²) in [6, 6.07) is 17.5. The maximum absolute atomic E-state index is 13.4. The number of ketones is 2. The van der Waals surface area contributed by atoms with Gasteiger partial charge in [-0.3, -0.25) is 9.59 Å². The van der Waals surface area contributed by atoms with Gasteiger partial charge in [-0.15, -0.1) is 0 Å². The number of carbonyl (C=O) groups is 2. The van der Waals surface area contributed by atoms with Gasteiger partial charge in [-0.2, -0.15) is 22.0 Å². The molecule has 0 aromatic heterocycles. The minimum Gasteiger partial charge on any atom is -0.287 e. The van der Waals surface area contributed by atoms with Crippen LogP contribution in [-0.2, 0) is 0 Å². The van der Waals surface area contributed by atoms with Gasteiger partial charge in [0.15, 0.2) is 0 Å². The van der Waals surface area contributed by atoms with Crippen molar-refractivity contribution in [1.29, 1.82) is 0 Å². The van der Waals surface area contributed by atoms with Gasteiger partial charge in [0.05, 0.1) is 0 Å². The van der Waals surface area contributed by atoms with Crippen LogP contribution in [0.4, 0.5) is 22.0 Å². The Morgan fingerprint density at radius 1 is 0.600 bits per heavy atom. The van der Waals surface area contributed by atoms with Gasteiger partial charge in [-0.1, -0.05) is 54.6 Å². The van der Waals surface area contributed by atoms with Crippen molar-refractivity contribution in [3.05, 3.63) is 83.9 Å². The predicted molar refractivity (Wildman–Crippen MR) is 103 cm³/mol. The number of hydrogen-bond donors (Lipinski definition) is 0. The lowest BCUT2D eigenvalue weighted by molar-refractivity contribution is -0.0885. The van der Waals surface area contributed by atoms with Crippen LogP contribution in [0.3, 0.4) is 0 Å². The Bertz CT molecular complexity index is 1030. The van der Waals surface area contributed by atoms with E-state index in [1.54, 1.807) is 36.4 Å². The second-order valence-corrected chi connectivity index (χ2v) is 6.79. The molecule has 154 valence electrons. The maximum atomic E-state index is 13.4. The van der Waals surface area contributed by atoms with E-state index in [1.165, 1.54) is 24.3 Å². The molecular formula is C23H15F5O2. The lowest BCUT2D eigenvalue weighted by Crippen LogP contribution is -2.24. The van der Waals surface area contributed by atoms with Crippen molar-refractivity contribution >= 4 is 11.6 Å². The number of carbonyl (C=O) groups excluding carboxylic acids is 2. The normalized spacial score (nSPS) is 11.9. The number of Topliss-reactive ketones (excluding diaryl/α,β-unsaturated/α-hetero) is 2. The van der Waals surface area contributed by atoms with Crippen LogP contribution in [0, 0.1) is 0 Å². The summed E-state index contributed by atoms with van der Waals surface area (Å²) in [6.07, 6.45) is -4.98. The molecule has 3 rings (SSSR count). The molecule has 0 N–H and O–H groups in total. The predicted octanol–water partition coefficient (Wildman–Crippen LogP) is 6.60. The lowest BCUT2D eigenvalue weighted by Gasteiger charge is -2.11. The molecule has 0 aliphatic rings. The molecule has 0 fully saturated rings. The largest absolute Gasteiger partial charge is 0.454 e. The van der Waals surface area contributed by atoms with Crippen molar-refractivity contribution in [3.8, 4) is 22.3 Å². The lowest BCUT2D eigenvalue weighted by atomic mass is 9.95.